The zero-order chi connectivity index (χ0) is 21.8. The number of hydrogen-bond acceptors (Lipinski definition) is 6. The van der Waals surface area contributed by atoms with Gasteiger partial charge in [-0.15, -0.1) is 10.2 Å². The summed E-state index contributed by atoms with van der Waals surface area (Å²) in [7, 11) is 0. The quantitative estimate of drug-likeness (QED) is 0.705. The maximum Gasteiger partial charge on any atom is 0.174 e. The maximum absolute atomic E-state index is 14.8. The van der Waals surface area contributed by atoms with Crippen LogP contribution in [0.2, 0.25) is 0 Å². The highest BCUT2D eigenvalue weighted by molar-refractivity contribution is 5.68. The van der Waals surface area contributed by atoms with Crippen LogP contribution in [-0.4, -0.2) is 54.2 Å². The molecule has 0 saturated carbocycles. The van der Waals surface area contributed by atoms with Gasteiger partial charge in [-0.1, -0.05) is 0 Å². The van der Waals surface area contributed by atoms with E-state index in [4.69, 9.17) is 2.74 Å². The van der Waals surface area contributed by atoms with Crippen molar-refractivity contribution in [2.24, 2.45) is 0 Å². The number of rotatable bonds is 3. The highest BCUT2D eigenvalue weighted by Gasteiger charge is 2.44. The number of phenolic OH excluding ortho intramolecular Hbond substituents is 1. The predicted molar refractivity (Wildman–Crippen MR) is 102 cm³/mol. The van der Waals surface area contributed by atoms with E-state index >= 15 is 0 Å². The Morgan fingerprint density at radius 2 is 2.17 bits per heavy atom. The summed E-state index contributed by atoms with van der Waals surface area (Å²) < 4.78 is 47.0. The Morgan fingerprint density at radius 1 is 1.28 bits per heavy atom. The van der Waals surface area contributed by atoms with Crippen molar-refractivity contribution in [3.05, 3.63) is 54.5 Å². The number of aromatic hydroxyl groups is 1. The Labute approximate surface area is 168 Å². The number of nitrogens with one attached hydrogen (secondary N) is 1. The van der Waals surface area contributed by atoms with Gasteiger partial charge in [0, 0.05) is 37.4 Å². The van der Waals surface area contributed by atoms with E-state index in [0.717, 1.165) is 5.69 Å². The van der Waals surface area contributed by atoms with E-state index < -0.39 is 24.4 Å². The molecule has 0 spiro atoms. The van der Waals surface area contributed by atoms with Crippen LogP contribution in [0.5, 0.6) is 5.75 Å². The fourth-order valence-electron chi connectivity index (χ4n) is 3.58. The average Bonchev–Trinajstić information content (AvgIpc) is 3.33. The molecular weight excluding hydrogens is 378 g/mol. The summed E-state index contributed by atoms with van der Waals surface area (Å²) in [6.07, 6.45) is 3.67. The zero-order valence-electron chi connectivity index (χ0n) is 17.1. The van der Waals surface area contributed by atoms with Crippen LogP contribution in [0.25, 0.3) is 23.0 Å². The summed E-state index contributed by atoms with van der Waals surface area (Å²) in [5.41, 5.74) is 1.54. The molecule has 0 amide bonds. The molecule has 148 valence electrons. The van der Waals surface area contributed by atoms with Crippen molar-refractivity contribution in [2.45, 2.75) is 37.2 Å². The molecule has 0 unspecified atom stereocenters. The number of halogens is 2. The van der Waals surface area contributed by atoms with Crippen molar-refractivity contribution in [2.75, 3.05) is 0 Å². The summed E-state index contributed by atoms with van der Waals surface area (Å²) in [5, 5.41) is 20.9. The lowest BCUT2D eigenvalue weighted by atomic mass is 9.96. The maximum atomic E-state index is 14.8. The Morgan fingerprint density at radius 3 is 2.90 bits per heavy atom. The minimum absolute atomic E-state index is 0.0200. The van der Waals surface area contributed by atoms with Crippen LogP contribution >= 0.6 is 0 Å². The lowest BCUT2D eigenvalue weighted by molar-refractivity contribution is 0.265. The van der Waals surface area contributed by atoms with Gasteiger partial charge in [-0.3, -0.25) is 0 Å². The number of aromatic nitrogens is 5. The number of benzene rings is 1. The Kier molecular flexibility index (Phi) is 3.79. The van der Waals surface area contributed by atoms with Crippen molar-refractivity contribution < 1.29 is 16.6 Å². The van der Waals surface area contributed by atoms with Gasteiger partial charge < -0.3 is 15.0 Å². The second-order valence-corrected chi connectivity index (χ2v) is 6.98. The summed E-state index contributed by atoms with van der Waals surface area (Å²) >= 11 is 0. The molecule has 2 saturated heterocycles. The van der Waals surface area contributed by atoms with Crippen molar-refractivity contribution in [1.82, 2.24) is 30.0 Å². The van der Waals surface area contributed by atoms with Crippen molar-refractivity contribution >= 4 is 6.08 Å². The molecule has 7 nitrogen and oxygen atoms in total. The highest BCUT2D eigenvalue weighted by Crippen LogP contribution is 2.35. The molecule has 2 aliphatic rings. The Bertz CT molecular complexity index is 1160. The molecule has 2 N–H and O–H groups in total. The van der Waals surface area contributed by atoms with E-state index in [-0.39, 0.29) is 30.0 Å². The van der Waals surface area contributed by atoms with Crippen LogP contribution in [0, 0.1) is 0 Å². The number of hydrogen-bond donors (Lipinski definition) is 2. The standard InChI is InChI=1S/C20H18F2N6O/c21-14-8-16-20(22)11(5-15(14)25-16)6-19-24-9-17(26-27-19)13-2-1-12(7-18(13)29)28-4-3-23-10-28/h1-4,6-7,9-10,14-16,20,25,29H,5,8H2/b11-6+/t14-,15+,16+,20+/m1/s1/i15D,16D. The van der Waals surface area contributed by atoms with E-state index in [0.29, 0.717) is 11.3 Å². The number of piperidine rings is 1. The van der Waals surface area contributed by atoms with Crippen LogP contribution in [0.15, 0.2) is 48.7 Å². The van der Waals surface area contributed by atoms with Gasteiger partial charge in [0.1, 0.15) is 23.8 Å². The molecule has 3 aromatic rings. The first-order valence-electron chi connectivity index (χ1n) is 10.1. The molecule has 4 atom stereocenters. The third-order valence-electron chi connectivity index (χ3n) is 5.08. The lowest BCUT2D eigenvalue weighted by Crippen LogP contribution is -2.44. The van der Waals surface area contributed by atoms with Gasteiger partial charge in [0.05, 0.1) is 19.6 Å². The predicted octanol–water partition coefficient (Wildman–Crippen LogP) is 2.62. The molecule has 2 aromatic heterocycles. The zero-order valence-corrected chi connectivity index (χ0v) is 15.1. The smallest absolute Gasteiger partial charge is 0.174 e. The van der Waals surface area contributed by atoms with Crippen LogP contribution in [0.4, 0.5) is 8.78 Å². The van der Waals surface area contributed by atoms with Crippen LogP contribution in [0.3, 0.4) is 0 Å². The summed E-state index contributed by atoms with van der Waals surface area (Å²) in [4.78, 5) is 8.12. The molecule has 0 radical (unpaired) electrons. The van der Waals surface area contributed by atoms with Gasteiger partial charge in [-0.25, -0.2) is 18.7 Å². The Balaban J connectivity index is 1.41. The van der Waals surface area contributed by atoms with Gasteiger partial charge in [0.25, 0.3) is 0 Å². The number of phenols is 1. The summed E-state index contributed by atoms with van der Waals surface area (Å²) in [6, 6.07) is 1.41. The van der Waals surface area contributed by atoms with E-state index in [1.165, 1.54) is 12.3 Å². The highest BCUT2D eigenvalue weighted by atomic mass is 19.1. The van der Waals surface area contributed by atoms with Crippen molar-refractivity contribution in [1.29, 1.82) is 0 Å². The summed E-state index contributed by atoms with van der Waals surface area (Å²) in [5.74, 6) is 0.0632. The van der Waals surface area contributed by atoms with Crippen molar-refractivity contribution in [3.63, 3.8) is 0 Å². The largest absolute Gasteiger partial charge is 0.507 e. The van der Waals surface area contributed by atoms with Gasteiger partial charge >= 0.3 is 0 Å². The monoisotopic (exact) mass is 398 g/mol. The minimum Gasteiger partial charge on any atom is -0.507 e. The van der Waals surface area contributed by atoms with Gasteiger partial charge in [0.15, 0.2) is 5.82 Å². The van der Waals surface area contributed by atoms with Crippen LogP contribution in [0.1, 0.15) is 21.4 Å². The third-order valence-corrected chi connectivity index (χ3v) is 5.08. The molecule has 2 bridgehead atoms. The fraction of sp³-hybridized carbons (Fsp3) is 0.300. The second-order valence-electron chi connectivity index (χ2n) is 6.98. The van der Waals surface area contributed by atoms with Gasteiger partial charge in [-0.2, -0.15) is 0 Å². The molecule has 1 aromatic carbocycles. The molecule has 2 fully saturated rings. The number of imidazole rings is 1. The molecule has 0 aliphatic carbocycles. The molecule has 4 heterocycles. The number of nitrogens with zero attached hydrogens (tertiary/aromatic N) is 5. The molecular formula is C20H18F2N6O. The SMILES string of the molecule is [2H][C@]12C/C(=C\c3ncc(-c4ccc(-n5ccnc5)cc4O)nn3)[C@H](F)[C@]([2H])(C[C@H]1F)N2. The first kappa shape index (κ1) is 15.7. The minimum atomic E-state index is -1.87. The first-order valence-corrected chi connectivity index (χ1v) is 9.07. The summed E-state index contributed by atoms with van der Waals surface area (Å²) in [6.45, 7) is 0. The van der Waals surface area contributed by atoms with Gasteiger partial charge in [-0.05, 0) is 36.6 Å². The third kappa shape index (κ3) is 3.27. The molecule has 9 heteroatoms. The van der Waals surface area contributed by atoms with E-state index in [1.807, 2.05) is 0 Å². The topological polar surface area (TPSA) is 88.8 Å². The van der Waals surface area contributed by atoms with E-state index in [2.05, 4.69) is 25.5 Å². The number of fused-ring (bicyclic) bond motifs is 2. The number of alkyl halides is 2. The van der Waals surface area contributed by atoms with Crippen LogP contribution in [-0.2, 0) is 0 Å². The fourth-order valence-corrected chi connectivity index (χ4v) is 3.58. The van der Waals surface area contributed by atoms with Crippen LogP contribution < -0.4 is 5.32 Å². The lowest BCUT2D eigenvalue weighted by Gasteiger charge is -2.27. The van der Waals surface area contributed by atoms with Gasteiger partial charge in [0.2, 0.25) is 0 Å². The molecule has 5 rings (SSSR count). The molecule has 2 aliphatic heterocycles. The molecule has 29 heavy (non-hydrogen) atoms. The second kappa shape index (κ2) is 7.00. The van der Waals surface area contributed by atoms with Crippen molar-refractivity contribution in [3.8, 4) is 22.7 Å². The van der Waals surface area contributed by atoms with E-state index in [1.54, 1.807) is 41.5 Å². The Hall–Kier alpha value is -3.20. The first-order chi connectivity index (χ1) is 14.8. The normalized spacial score (nSPS) is 33.5. The van der Waals surface area contributed by atoms with E-state index in [9.17, 15) is 13.9 Å². The average molecular weight is 398 g/mol.